The van der Waals surface area contributed by atoms with Gasteiger partial charge in [0, 0.05) is 0 Å². The summed E-state index contributed by atoms with van der Waals surface area (Å²) in [6, 6.07) is 17.5. The van der Waals surface area contributed by atoms with Crippen LogP contribution < -0.4 is 24.4 Å². The van der Waals surface area contributed by atoms with Crippen LogP contribution in [-0.2, 0) is 9.59 Å². The summed E-state index contributed by atoms with van der Waals surface area (Å²) < 4.78 is 17.8. The fourth-order valence-corrected chi connectivity index (χ4v) is 4.72. The number of imide groups is 2. The van der Waals surface area contributed by atoms with Crippen LogP contribution in [0.15, 0.2) is 70.7 Å². The van der Waals surface area contributed by atoms with Crippen molar-refractivity contribution in [1.82, 2.24) is 5.32 Å². The number of rotatable bonds is 10. The van der Waals surface area contributed by atoms with Crippen molar-refractivity contribution in [1.29, 1.82) is 0 Å². The van der Waals surface area contributed by atoms with Gasteiger partial charge in [-0.25, -0.2) is 9.69 Å². The third-order valence-electron chi connectivity index (χ3n) is 6.62. The fraction of sp³-hybridized carbons (Fsp3) is 0.258. The van der Waals surface area contributed by atoms with Gasteiger partial charge in [0.05, 0.1) is 17.3 Å². The predicted octanol–water partition coefficient (Wildman–Crippen LogP) is 6.40. The minimum absolute atomic E-state index is 0.185. The Balaban J connectivity index is 1.47. The Labute approximate surface area is 242 Å². The third kappa shape index (κ3) is 6.54. The highest BCUT2D eigenvalue weighted by Crippen LogP contribution is 2.37. The summed E-state index contributed by atoms with van der Waals surface area (Å²) in [5, 5.41) is 2.23. The SMILES string of the molecule is CC[C@H](C)c1ccc(OCCOc2c(Br)cc(/C=C3/C(=O)NC(=O)N(c4ccc(C)cc4)C3=O)cc2OC)cc1. The van der Waals surface area contributed by atoms with Crippen LogP contribution >= 0.6 is 15.9 Å². The molecule has 208 valence electrons. The molecule has 0 aliphatic carbocycles. The molecular weight excluding hydrogens is 576 g/mol. The first kappa shape index (κ1) is 28.9. The lowest BCUT2D eigenvalue weighted by molar-refractivity contribution is -0.122. The molecule has 40 heavy (non-hydrogen) atoms. The van der Waals surface area contributed by atoms with E-state index in [-0.39, 0.29) is 12.2 Å². The molecule has 3 aromatic rings. The fourth-order valence-electron chi connectivity index (χ4n) is 4.15. The number of barbiturate groups is 1. The maximum absolute atomic E-state index is 13.2. The molecule has 4 amide bonds. The number of nitrogens with one attached hydrogen (secondary N) is 1. The van der Waals surface area contributed by atoms with Gasteiger partial charge in [0.15, 0.2) is 11.5 Å². The maximum Gasteiger partial charge on any atom is 0.335 e. The van der Waals surface area contributed by atoms with Gasteiger partial charge in [-0.3, -0.25) is 14.9 Å². The van der Waals surface area contributed by atoms with Crippen molar-refractivity contribution in [3.63, 3.8) is 0 Å². The highest BCUT2D eigenvalue weighted by atomic mass is 79.9. The van der Waals surface area contributed by atoms with E-state index >= 15 is 0 Å². The van der Waals surface area contributed by atoms with E-state index in [1.165, 1.54) is 18.7 Å². The van der Waals surface area contributed by atoms with Gasteiger partial charge in [0.1, 0.15) is 24.5 Å². The van der Waals surface area contributed by atoms with Crippen molar-refractivity contribution in [3.05, 3.63) is 87.4 Å². The van der Waals surface area contributed by atoms with Crippen molar-refractivity contribution < 1.29 is 28.6 Å². The number of nitrogens with zero attached hydrogens (tertiary/aromatic N) is 1. The molecule has 0 unspecified atom stereocenters. The maximum atomic E-state index is 13.2. The number of methoxy groups -OCH3 is 1. The zero-order valence-corrected chi connectivity index (χ0v) is 24.4. The lowest BCUT2D eigenvalue weighted by Gasteiger charge is -2.26. The van der Waals surface area contributed by atoms with Crippen LogP contribution in [0.5, 0.6) is 17.2 Å². The summed E-state index contributed by atoms with van der Waals surface area (Å²) in [5.41, 5.74) is 2.93. The second kappa shape index (κ2) is 12.8. The van der Waals surface area contributed by atoms with Gasteiger partial charge < -0.3 is 14.2 Å². The molecule has 1 aliphatic heterocycles. The van der Waals surface area contributed by atoms with Crippen molar-refractivity contribution >= 4 is 45.5 Å². The molecule has 0 saturated carbocycles. The largest absolute Gasteiger partial charge is 0.493 e. The molecule has 1 atom stereocenters. The molecule has 1 N–H and O–H groups in total. The molecule has 1 aliphatic rings. The molecule has 9 heteroatoms. The number of amides is 4. The summed E-state index contributed by atoms with van der Waals surface area (Å²) in [4.78, 5) is 39.2. The summed E-state index contributed by atoms with van der Waals surface area (Å²) in [7, 11) is 1.50. The number of anilines is 1. The second-order valence-corrected chi connectivity index (χ2v) is 10.3. The normalized spacial score (nSPS) is 15.2. The van der Waals surface area contributed by atoms with Crippen LogP contribution in [0.4, 0.5) is 10.5 Å². The van der Waals surface area contributed by atoms with Crippen LogP contribution in [0.3, 0.4) is 0 Å². The second-order valence-electron chi connectivity index (χ2n) is 9.40. The Hall–Kier alpha value is -4.11. The Bertz CT molecular complexity index is 1430. The van der Waals surface area contributed by atoms with Crippen molar-refractivity contribution in [2.75, 3.05) is 25.2 Å². The Morgan fingerprint density at radius 3 is 2.30 bits per heavy atom. The van der Waals surface area contributed by atoms with Crippen LogP contribution in [0.1, 0.15) is 42.9 Å². The van der Waals surface area contributed by atoms with Crippen molar-refractivity contribution in [2.24, 2.45) is 0 Å². The molecule has 1 heterocycles. The standard InChI is InChI=1S/C31H31BrN2O6/c1-5-20(3)22-8-12-24(13-9-22)39-14-15-40-28-26(32)17-21(18-27(28)38-4)16-25-29(35)33-31(37)34(30(25)36)23-10-6-19(2)7-11-23/h6-13,16-18,20H,5,14-15H2,1-4H3,(H,33,35,37)/b25-16-/t20-/m0/s1. The third-order valence-corrected chi connectivity index (χ3v) is 7.21. The smallest absolute Gasteiger partial charge is 0.335 e. The molecule has 0 radical (unpaired) electrons. The first-order valence-corrected chi connectivity index (χ1v) is 13.7. The molecule has 1 fully saturated rings. The van der Waals surface area contributed by atoms with E-state index in [1.54, 1.807) is 36.4 Å². The van der Waals surface area contributed by atoms with Gasteiger partial charge in [-0.05, 0) is 88.8 Å². The number of ether oxygens (including phenoxy) is 3. The number of carbonyl (C=O) groups is 3. The summed E-state index contributed by atoms with van der Waals surface area (Å²) in [6.45, 7) is 6.84. The molecule has 3 aromatic carbocycles. The van der Waals surface area contributed by atoms with Crippen molar-refractivity contribution in [2.45, 2.75) is 33.1 Å². The summed E-state index contributed by atoms with van der Waals surface area (Å²) >= 11 is 3.50. The summed E-state index contributed by atoms with van der Waals surface area (Å²) in [6.07, 6.45) is 2.49. The topological polar surface area (TPSA) is 94.2 Å². The lowest BCUT2D eigenvalue weighted by Crippen LogP contribution is -2.54. The van der Waals surface area contributed by atoms with Crippen LogP contribution in [0.2, 0.25) is 0 Å². The van der Waals surface area contributed by atoms with Crippen LogP contribution in [-0.4, -0.2) is 38.2 Å². The number of hydrogen-bond acceptors (Lipinski definition) is 6. The molecule has 8 nitrogen and oxygen atoms in total. The number of carbonyl (C=O) groups excluding carboxylic acids is 3. The van der Waals surface area contributed by atoms with E-state index < -0.39 is 17.8 Å². The number of hydrogen-bond donors (Lipinski definition) is 1. The van der Waals surface area contributed by atoms with Gasteiger partial charge in [0.25, 0.3) is 11.8 Å². The number of aryl methyl sites for hydroxylation is 1. The highest BCUT2D eigenvalue weighted by molar-refractivity contribution is 9.10. The van der Waals surface area contributed by atoms with Crippen LogP contribution in [0, 0.1) is 6.92 Å². The monoisotopic (exact) mass is 606 g/mol. The molecule has 0 bridgehead atoms. The van der Waals surface area contributed by atoms with Gasteiger partial charge in [0.2, 0.25) is 0 Å². The van der Waals surface area contributed by atoms with E-state index in [2.05, 4.69) is 47.2 Å². The van der Waals surface area contributed by atoms with Crippen LogP contribution in [0.25, 0.3) is 6.08 Å². The number of urea groups is 1. The highest BCUT2D eigenvalue weighted by Gasteiger charge is 2.36. The zero-order valence-electron chi connectivity index (χ0n) is 22.8. The van der Waals surface area contributed by atoms with E-state index in [0.717, 1.165) is 22.6 Å². The first-order valence-electron chi connectivity index (χ1n) is 12.9. The average Bonchev–Trinajstić information content (AvgIpc) is 2.94. The van der Waals surface area contributed by atoms with E-state index in [1.807, 2.05) is 19.1 Å². The lowest BCUT2D eigenvalue weighted by atomic mass is 9.99. The Morgan fingerprint density at radius 1 is 0.975 bits per heavy atom. The Kier molecular flexibility index (Phi) is 9.26. The van der Waals surface area contributed by atoms with Gasteiger partial charge >= 0.3 is 6.03 Å². The molecular formula is C31H31BrN2O6. The number of halogens is 1. The zero-order chi connectivity index (χ0) is 28.8. The predicted molar refractivity (Wildman–Crippen MR) is 157 cm³/mol. The average molecular weight is 608 g/mol. The first-order chi connectivity index (χ1) is 19.2. The van der Waals surface area contributed by atoms with Gasteiger partial charge in [-0.2, -0.15) is 0 Å². The molecule has 4 rings (SSSR count). The van der Waals surface area contributed by atoms with E-state index in [4.69, 9.17) is 14.2 Å². The Morgan fingerprint density at radius 2 is 1.65 bits per heavy atom. The van der Waals surface area contributed by atoms with Crippen molar-refractivity contribution in [3.8, 4) is 17.2 Å². The summed E-state index contributed by atoms with van der Waals surface area (Å²) in [5.74, 6) is 0.620. The van der Waals surface area contributed by atoms with Gasteiger partial charge in [-0.15, -0.1) is 0 Å². The van der Waals surface area contributed by atoms with Gasteiger partial charge in [-0.1, -0.05) is 43.7 Å². The molecule has 0 spiro atoms. The molecule has 0 aromatic heterocycles. The minimum Gasteiger partial charge on any atom is -0.493 e. The van der Waals surface area contributed by atoms with E-state index in [9.17, 15) is 14.4 Å². The minimum atomic E-state index is -0.799. The number of benzene rings is 3. The molecule has 1 saturated heterocycles. The quantitative estimate of drug-likeness (QED) is 0.163. The van der Waals surface area contributed by atoms with E-state index in [0.29, 0.717) is 39.7 Å².